The molecule has 1 amide bonds. The van der Waals surface area contributed by atoms with E-state index in [0.29, 0.717) is 12.3 Å². The minimum Gasteiger partial charge on any atom is -1.00 e. The molecule has 0 radical (unpaired) electrons. The van der Waals surface area contributed by atoms with Gasteiger partial charge in [0.15, 0.2) is 5.82 Å². The molecule has 2 aromatic rings. The molecule has 25 heavy (non-hydrogen) atoms. The van der Waals surface area contributed by atoms with Gasteiger partial charge in [-0.2, -0.15) is 4.98 Å². The minimum atomic E-state index is -0.534. The van der Waals surface area contributed by atoms with Crippen LogP contribution in [0.25, 0.3) is 0 Å². The molecular weight excluding hydrogens is 340 g/mol. The molecule has 0 aliphatic rings. The van der Waals surface area contributed by atoms with E-state index in [-0.39, 0.29) is 18.2 Å². The highest BCUT2D eigenvalue weighted by Crippen LogP contribution is 2.18. The first-order valence-corrected chi connectivity index (χ1v) is 8.01. The molecule has 0 unspecified atom stereocenters. The highest BCUT2D eigenvalue weighted by Gasteiger charge is 2.10. The number of ether oxygens (including phenoxy) is 1. The largest absolute Gasteiger partial charge is 1.00 e. The van der Waals surface area contributed by atoms with E-state index in [2.05, 4.69) is 43.2 Å². The van der Waals surface area contributed by atoms with Crippen LogP contribution in [0, 0.1) is 20.8 Å². The maximum Gasteiger partial charge on any atom is 0.411 e. The number of halogens is 1. The van der Waals surface area contributed by atoms with Crippen molar-refractivity contribution >= 4 is 23.4 Å². The number of anilines is 2. The number of nitrogens with zero attached hydrogens (tertiary/aromatic N) is 1. The molecule has 0 aliphatic carbocycles. The number of nitrogens with two attached hydrogens (primary N) is 2. The quantitative estimate of drug-likeness (QED) is 0.670. The lowest BCUT2D eigenvalue weighted by molar-refractivity contribution is -0.592. The second kappa shape index (κ2) is 9.25. The van der Waals surface area contributed by atoms with Crippen molar-refractivity contribution in [1.82, 2.24) is 4.98 Å². The van der Waals surface area contributed by atoms with Crippen LogP contribution in [0.3, 0.4) is 0 Å². The summed E-state index contributed by atoms with van der Waals surface area (Å²) >= 11 is 0. The number of quaternary nitrogens is 1. The fraction of sp³-hybridized carbons (Fsp3) is 0.333. The van der Waals surface area contributed by atoms with Crippen LogP contribution in [-0.4, -0.2) is 17.7 Å². The average Bonchev–Trinajstić information content (AvgIpc) is 2.54. The first-order valence-electron chi connectivity index (χ1n) is 8.01. The van der Waals surface area contributed by atoms with Crippen LogP contribution in [0.15, 0.2) is 24.3 Å². The van der Waals surface area contributed by atoms with Crippen molar-refractivity contribution in [1.29, 1.82) is 0 Å². The molecule has 6 nitrogen and oxygen atoms in total. The maximum absolute atomic E-state index is 11.4. The third-order valence-electron chi connectivity index (χ3n) is 4.16. The Hall–Kier alpha value is -2.31. The van der Waals surface area contributed by atoms with Crippen molar-refractivity contribution in [3.63, 3.8) is 0 Å². The van der Waals surface area contributed by atoms with Gasteiger partial charge >= 0.3 is 6.09 Å². The Morgan fingerprint density at radius 3 is 2.56 bits per heavy atom. The summed E-state index contributed by atoms with van der Waals surface area (Å²) < 4.78 is 4.83. The molecular formula is C18H25ClN4O2. The summed E-state index contributed by atoms with van der Waals surface area (Å²) in [5.74, 6) is 1.05. The number of aromatic nitrogens is 1. The molecule has 0 aliphatic heterocycles. The van der Waals surface area contributed by atoms with E-state index in [1.165, 1.54) is 22.3 Å². The second-order valence-corrected chi connectivity index (χ2v) is 5.71. The van der Waals surface area contributed by atoms with E-state index in [1.54, 1.807) is 13.0 Å². The third-order valence-corrected chi connectivity index (χ3v) is 4.16. The number of aryl methyl sites for hydroxylation is 1. The van der Waals surface area contributed by atoms with Gasteiger partial charge in [0.1, 0.15) is 6.54 Å². The number of hydrogen-bond acceptors (Lipinski definition) is 4. The van der Waals surface area contributed by atoms with Crippen molar-refractivity contribution in [2.75, 3.05) is 17.7 Å². The average molecular weight is 365 g/mol. The summed E-state index contributed by atoms with van der Waals surface area (Å²) in [7, 11) is 0. The molecule has 0 saturated carbocycles. The smallest absolute Gasteiger partial charge is 0.411 e. The van der Waals surface area contributed by atoms with Crippen LogP contribution in [0.4, 0.5) is 22.1 Å². The van der Waals surface area contributed by atoms with Gasteiger partial charge in [0.25, 0.3) is 0 Å². The van der Waals surface area contributed by atoms with Crippen LogP contribution < -0.4 is 28.8 Å². The van der Waals surface area contributed by atoms with E-state index in [9.17, 15) is 4.79 Å². The van der Waals surface area contributed by atoms with Crippen LogP contribution in [-0.2, 0) is 11.3 Å². The lowest BCUT2D eigenvalue weighted by Gasteiger charge is -2.11. The molecule has 7 heteroatoms. The second-order valence-electron chi connectivity index (χ2n) is 5.71. The fourth-order valence-electron chi connectivity index (χ4n) is 2.44. The summed E-state index contributed by atoms with van der Waals surface area (Å²) in [5, 5.41) is 4.60. The lowest BCUT2D eigenvalue weighted by Crippen LogP contribution is -3.00. The van der Waals surface area contributed by atoms with Crippen molar-refractivity contribution < 1.29 is 27.3 Å². The molecule has 2 rings (SSSR count). The predicted octanol–water partition coefficient (Wildman–Crippen LogP) is -0.443. The Bertz CT molecular complexity index is 750. The number of amides is 1. The van der Waals surface area contributed by atoms with Crippen LogP contribution in [0.5, 0.6) is 0 Å². The van der Waals surface area contributed by atoms with Gasteiger partial charge in [-0.3, -0.25) is 10.6 Å². The topological polar surface area (TPSA) is 93.8 Å². The number of hydrogen-bond donors (Lipinski definition) is 3. The standard InChI is InChI=1S/C18H24N4O2.ClH/c1-5-24-18(23)21-15-8-9-16(22-17(15)19)20-10-14-7-6-11(2)12(3)13(14)4;/h6-9H,5,10H2,1-4H3,(H,21,23)(H3,19,20,22);1H. The highest BCUT2D eigenvalue weighted by atomic mass is 35.5. The molecule has 0 spiro atoms. The van der Waals surface area contributed by atoms with Gasteiger partial charge < -0.3 is 22.9 Å². The molecule has 136 valence electrons. The van der Waals surface area contributed by atoms with Gasteiger partial charge in [-0.1, -0.05) is 12.1 Å². The van der Waals surface area contributed by atoms with Gasteiger partial charge in [0, 0.05) is 11.6 Å². The molecule has 0 bridgehead atoms. The van der Waals surface area contributed by atoms with Crippen molar-refractivity contribution in [3.05, 3.63) is 46.5 Å². The Labute approximate surface area is 154 Å². The summed E-state index contributed by atoms with van der Waals surface area (Å²) in [6, 6.07) is 7.85. The summed E-state index contributed by atoms with van der Waals surface area (Å²) in [5.41, 5.74) is 11.6. The number of nitrogen functional groups attached to an aromatic ring is 1. The summed E-state index contributed by atoms with van der Waals surface area (Å²) in [4.78, 5) is 15.8. The molecule has 0 atom stereocenters. The van der Waals surface area contributed by atoms with Crippen molar-refractivity contribution in [2.45, 2.75) is 34.2 Å². The number of carbonyl (C=O) groups excluding carboxylic acids is 1. The van der Waals surface area contributed by atoms with Crippen LogP contribution in [0.1, 0.15) is 29.2 Å². The Morgan fingerprint density at radius 1 is 1.20 bits per heavy atom. The summed E-state index contributed by atoms with van der Waals surface area (Å²) in [6.07, 6.45) is -0.534. The first kappa shape index (κ1) is 20.7. The zero-order chi connectivity index (χ0) is 17.7. The number of carbonyl (C=O) groups is 1. The normalized spacial score (nSPS) is 10.1. The zero-order valence-electron chi connectivity index (χ0n) is 15.0. The SMILES string of the molecule is CCOC(=O)Nc1ccc([NH2+]Cc2ccc(C)c(C)c2C)nc1N.[Cl-]. The lowest BCUT2D eigenvalue weighted by atomic mass is 9.99. The van der Waals surface area contributed by atoms with Crippen LogP contribution in [0.2, 0.25) is 0 Å². The molecule has 0 saturated heterocycles. The number of nitrogens with one attached hydrogen (secondary N) is 1. The van der Waals surface area contributed by atoms with Crippen molar-refractivity contribution in [2.24, 2.45) is 0 Å². The van der Waals surface area contributed by atoms with E-state index >= 15 is 0 Å². The van der Waals surface area contributed by atoms with Crippen LogP contribution >= 0.6 is 0 Å². The number of benzene rings is 1. The maximum atomic E-state index is 11.4. The minimum absolute atomic E-state index is 0. The molecule has 1 aromatic carbocycles. The number of pyridine rings is 1. The van der Waals surface area contributed by atoms with E-state index < -0.39 is 6.09 Å². The van der Waals surface area contributed by atoms with Gasteiger partial charge in [-0.05, 0) is 50.5 Å². The monoisotopic (exact) mass is 364 g/mol. The number of rotatable bonds is 5. The van der Waals surface area contributed by atoms with Gasteiger partial charge in [-0.15, -0.1) is 0 Å². The Kier molecular flexibility index (Phi) is 7.67. The summed E-state index contributed by atoms with van der Waals surface area (Å²) in [6.45, 7) is 9.23. The first-order chi connectivity index (χ1) is 11.4. The highest BCUT2D eigenvalue weighted by molar-refractivity contribution is 5.88. The van der Waals surface area contributed by atoms with E-state index in [0.717, 1.165) is 12.4 Å². The zero-order valence-corrected chi connectivity index (χ0v) is 15.8. The predicted molar refractivity (Wildman–Crippen MR) is 95.2 cm³/mol. The molecule has 1 heterocycles. The van der Waals surface area contributed by atoms with Crippen molar-refractivity contribution in [3.8, 4) is 0 Å². The third kappa shape index (κ3) is 5.34. The fourth-order valence-corrected chi connectivity index (χ4v) is 2.44. The van der Waals surface area contributed by atoms with Gasteiger partial charge in [-0.25, -0.2) is 4.79 Å². The van der Waals surface area contributed by atoms with E-state index in [4.69, 9.17) is 10.5 Å². The molecule has 0 fully saturated rings. The van der Waals surface area contributed by atoms with Gasteiger partial charge in [0.05, 0.1) is 12.3 Å². The Balaban J connectivity index is 0.00000312. The molecule has 1 aromatic heterocycles. The van der Waals surface area contributed by atoms with Gasteiger partial charge in [0.2, 0.25) is 5.82 Å². The van der Waals surface area contributed by atoms with E-state index in [1.807, 2.05) is 11.4 Å². The Morgan fingerprint density at radius 2 is 1.92 bits per heavy atom. The molecule has 5 N–H and O–H groups in total.